The second kappa shape index (κ2) is 7.19. The second-order valence-electron chi connectivity index (χ2n) is 7.34. The van der Waals surface area contributed by atoms with Crippen molar-refractivity contribution in [2.75, 3.05) is 7.11 Å². The lowest BCUT2D eigenvalue weighted by Crippen LogP contribution is -2.83. The molecule has 4 N–H and O–H groups in total. The highest BCUT2D eigenvalue weighted by Gasteiger charge is 2.76. The molecule has 0 spiro atoms. The van der Waals surface area contributed by atoms with Gasteiger partial charge in [0.25, 0.3) is 5.91 Å². The summed E-state index contributed by atoms with van der Waals surface area (Å²) in [5.74, 6) is -3.78. The molecule has 4 atom stereocenters. The van der Waals surface area contributed by atoms with E-state index in [4.69, 9.17) is 22.1 Å². The molecule has 0 radical (unpaired) electrons. The van der Waals surface area contributed by atoms with E-state index >= 15 is 0 Å². The van der Waals surface area contributed by atoms with Gasteiger partial charge in [0.1, 0.15) is 17.5 Å². The van der Waals surface area contributed by atoms with Gasteiger partial charge in [-0.15, -0.1) is 11.8 Å². The first-order valence-corrected chi connectivity index (χ1v) is 9.88. The molecule has 156 valence electrons. The number of esters is 1. The molecule has 29 heavy (non-hydrogen) atoms. The molecule has 2 amide bonds. The fourth-order valence-corrected chi connectivity index (χ4v) is 5.48. The topological polar surface area (TPSA) is 139 Å². The van der Waals surface area contributed by atoms with Gasteiger partial charge in [0.2, 0.25) is 11.4 Å². The Hall–Kier alpha value is -2.30. The maximum Gasteiger partial charge on any atom is 0.344 e. The van der Waals surface area contributed by atoms with Crippen LogP contribution in [0.1, 0.15) is 25.5 Å². The third-order valence-electron chi connectivity index (χ3n) is 5.12. The molecule has 0 aliphatic carbocycles. The lowest BCUT2D eigenvalue weighted by molar-refractivity contribution is -0.180. The van der Waals surface area contributed by atoms with Crippen LogP contribution < -0.4 is 11.1 Å². The average molecular weight is 442 g/mol. The minimum absolute atomic E-state index is 0.429. The van der Waals surface area contributed by atoms with Gasteiger partial charge in [-0.05, 0) is 31.5 Å². The highest BCUT2D eigenvalue weighted by Crippen LogP contribution is 2.55. The average Bonchev–Trinajstić information content (AvgIpc) is 2.94. The first kappa shape index (κ1) is 21.4. The lowest BCUT2D eigenvalue weighted by Gasteiger charge is -2.50. The maximum absolute atomic E-state index is 13.0. The minimum atomic E-state index is -2.04. The monoisotopic (exact) mass is 441 g/mol. The fourth-order valence-electron chi connectivity index (χ4n) is 3.67. The summed E-state index contributed by atoms with van der Waals surface area (Å²) in [6.45, 7) is 3.32. The van der Waals surface area contributed by atoms with E-state index in [0.717, 1.165) is 23.8 Å². The number of aliphatic carboxylic acids is 1. The molecular formula is C18H20ClN3O6S. The van der Waals surface area contributed by atoms with Crippen molar-refractivity contribution in [3.05, 3.63) is 34.9 Å². The van der Waals surface area contributed by atoms with Gasteiger partial charge in [0.05, 0.1) is 7.11 Å². The Morgan fingerprint density at radius 2 is 1.90 bits per heavy atom. The van der Waals surface area contributed by atoms with Crippen LogP contribution in [-0.4, -0.2) is 62.6 Å². The lowest BCUT2D eigenvalue weighted by atomic mass is 9.84. The summed E-state index contributed by atoms with van der Waals surface area (Å²) in [4.78, 5) is 51.2. The van der Waals surface area contributed by atoms with Crippen LogP contribution in [-0.2, 0) is 23.9 Å². The summed E-state index contributed by atoms with van der Waals surface area (Å²) >= 11 is 6.95. The molecule has 9 nitrogen and oxygen atoms in total. The zero-order chi connectivity index (χ0) is 21.7. The summed E-state index contributed by atoms with van der Waals surface area (Å²) in [6.07, 6.45) is 0. The highest BCUT2D eigenvalue weighted by atomic mass is 35.5. The number of carbonyl (C=O) groups excluding carboxylic acids is 3. The summed E-state index contributed by atoms with van der Waals surface area (Å²) < 4.78 is 3.90. The number of hydrogen-bond acceptors (Lipinski definition) is 7. The first-order chi connectivity index (χ1) is 13.5. The number of nitrogens with one attached hydrogen (secondary N) is 1. The predicted molar refractivity (Wildman–Crippen MR) is 105 cm³/mol. The number of hydrogen-bond donors (Lipinski definition) is 3. The van der Waals surface area contributed by atoms with Crippen LogP contribution in [0.5, 0.6) is 0 Å². The Labute approximate surface area is 175 Å². The number of amides is 2. The van der Waals surface area contributed by atoms with Gasteiger partial charge in [-0.2, -0.15) is 0 Å². The van der Waals surface area contributed by atoms with E-state index < -0.39 is 51.5 Å². The Balaban J connectivity index is 1.92. The van der Waals surface area contributed by atoms with Crippen molar-refractivity contribution in [2.45, 2.75) is 41.6 Å². The van der Waals surface area contributed by atoms with Crippen molar-refractivity contribution < 1.29 is 29.0 Å². The number of carbonyl (C=O) groups is 4. The summed E-state index contributed by atoms with van der Waals surface area (Å²) in [5, 5.41) is 11.5. The number of halogens is 1. The van der Waals surface area contributed by atoms with Crippen molar-refractivity contribution in [1.82, 2.24) is 10.2 Å². The van der Waals surface area contributed by atoms with Crippen LogP contribution >= 0.6 is 23.4 Å². The molecule has 0 bridgehead atoms. The number of fused-ring (bicyclic) bond motifs is 1. The smallest absolute Gasteiger partial charge is 0.344 e. The molecule has 2 fully saturated rings. The zero-order valence-corrected chi connectivity index (χ0v) is 17.4. The first-order valence-electron chi connectivity index (χ1n) is 8.62. The normalized spacial score (nSPS) is 28.2. The van der Waals surface area contributed by atoms with Crippen LogP contribution in [0.3, 0.4) is 0 Å². The number of ether oxygens (including phenoxy) is 1. The molecule has 2 aliphatic rings. The molecule has 0 saturated carbocycles. The van der Waals surface area contributed by atoms with Crippen LogP contribution in [0, 0.1) is 0 Å². The fraction of sp³-hybridized carbons (Fsp3) is 0.444. The number of β-lactam (4-membered cyclic amide) rings is 1. The standard InChI is InChI=1S/C18H20ClN3O6S/c1-17(2)11(13(24)25)22-14(26)18(15(22)29-17,16(27)28-3)21-12(23)10(20)8-4-6-9(19)7-5-8/h4-7,10-11,15H,20H2,1-3H3,(H,21,23)(H,24,25)/t10?,11-,15+,18-/m0/s1. The zero-order valence-electron chi connectivity index (χ0n) is 15.8. The van der Waals surface area contributed by atoms with Gasteiger partial charge in [0, 0.05) is 9.77 Å². The molecule has 2 heterocycles. The number of nitrogens with two attached hydrogens (primary N) is 1. The molecule has 11 heteroatoms. The quantitative estimate of drug-likeness (QED) is 0.341. The third kappa shape index (κ3) is 3.15. The van der Waals surface area contributed by atoms with E-state index in [1.54, 1.807) is 38.1 Å². The minimum Gasteiger partial charge on any atom is -0.480 e. The molecule has 2 saturated heterocycles. The van der Waals surface area contributed by atoms with E-state index in [0.29, 0.717) is 10.6 Å². The van der Waals surface area contributed by atoms with Gasteiger partial charge < -0.3 is 25.8 Å². The van der Waals surface area contributed by atoms with Crippen molar-refractivity contribution in [2.24, 2.45) is 5.73 Å². The largest absolute Gasteiger partial charge is 0.480 e. The number of benzene rings is 1. The van der Waals surface area contributed by atoms with E-state index in [1.165, 1.54) is 0 Å². The van der Waals surface area contributed by atoms with Gasteiger partial charge >= 0.3 is 11.9 Å². The van der Waals surface area contributed by atoms with Gasteiger partial charge in [-0.25, -0.2) is 9.59 Å². The number of carboxylic acids is 1. The summed E-state index contributed by atoms with van der Waals surface area (Å²) in [6, 6.07) is 3.90. The molecular weight excluding hydrogens is 422 g/mol. The summed E-state index contributed by atoms with van der Waals surface area (Å²) in [7, 11) is 1.09. The molecule has 2 aliphatic heterocycles. The van der Waals surface area contributed by atoms with Gasteiger partial charge in [-0.1, -0.05) is 23.7 Å². The molecule has 1 aromatic rings. The van der Waals surface area contributed by atoms with E-state index in [-0.39, 0.29) is 0 Å². The van der Waals surface area contributed by atoms with Gasteiger partial charge in [0.15, 0.2) is 0 Å². The van der Waals surface area contributed by atoms with Crippen LogP contribution in [0.4, 0.5) is 0 Å². The Kier molecular flexibility index (Phi) is 5.31. The van der Waals surface area contributed by atoms with Crippen LogP contribution in [0.25, 0.3) is 0 Å². The number of carboxylic acid groups (broad SMARTS) is 1. The third-order valence-corrected chi connectivity index (χ3v) is 7.01. The van der Waals surface area contributed by atoms with Gasteiger partial charge in [-0.3, -0.25) is 9.59 Å². The number of nitrogens with zero attached hydrogens (tertiary/aromatic N) is 1. The number of rotatable bonds is 5. The van der Waals surface area contributed by atoms with Crippen molar-refractivity contribution in [1.29, 1.82) is 0 Å². The number of methoxy groups -OCH3 is 1. The van der Waals surface area contributed by atoms with E-state index in [1.807, 2.05) is 0 Å². The molecule has 1 aromatic carbocycles. The van der Waals surface area contributed by atoms with Crippen LogP contribution in [0.15, 0.2) is 24.3 Å². The molecule has 0 aromatic heterocycles. The van der Waals surface area contributed by atoms with E-state index in [2.05, 4.69) is 5.32 Å². The molecule has 3 rings (SSSR count). The Bertz CT molecular complexity index is 892. The van der Waals surface area contributed by atoms with Crippen molar-refractivity contribution >= 4 is 47.1 Å². The SMILES string of the molecule is COC(=O)[C@]1(NC(=O)C(N)c2ccc(Cl)cc2)C(=O)N2[C@@H](C(=O)O)C(C)(C)S[C@@H]21. The van der Waals surface area contributed by atoms with Crippen molar-refractivity contribution in [3.8, 4) is 0 Å². The predicted octanol–water partition coefficient (Wildman–Crippen LogP) is 0.515. The highest BCUT2D eigenvalue weighted by molar-refractivity contribution is 8.01. The Morgan fingerprint density at radius 1 is 1.31 bits per heavy atom. The maximum atomic E-state index is 13.0. The summed E-state index contributed by atoms with van der Waals surface area (Å²) in [5.41, 5.74) is 4.38. The van der Waals surface area contributed by atoms with Crippen LogP contribution in [0.2, 0.25) is 5.02 Å². The number of thioether (sulfide) groups is 1. The van der Waals surface area contributed by atoms with E-state index in [9.17, 15) is 24.3 Å². The Morgan fingerprint density at radius 3 is 2.41 bits per heavy atom. The molecule has 1 unspecified atom stereocenters. The second-order valence-corrected chi connectivity index (χ2v) is 9.52. The van der Waals surface area contributed by atoms with Crippen molar-refractivity contribution in [3.63, 3.8) is 0 Å².